The van der Waals surface area contributed by atoms with Gasteiger partial charge in [-0.1, -0.05) is 62.4 Å². The number of rotatable bonds is 4. The summed E-state index contributed by atoms with van der Waals surface area (Å²) in [5, 5.41) is 14.1. The van der Waals surface area contributed by atoms with Crippen molar-refractivity contribution >= 4 is 17.5 Å². The molecule has 1 saturated heterocycles. The molecule has 38 heavy (non-hydrogen) atoms. The molecule has 2 aliphatic heterocycles. The number of hydrogen-bond acceptors (Lipinski definition) is 4. The molecule has 2 atom stereocenters. The highest BCUT2D eigenvalue weighted by Gasteiger charge is 2.51. The number of benzene rings is 2. The molecular weight excluding hydrogens is 474 g/mol. The number of para-hydroxylation sites is 1. The number of hydrogen-bond donors (Lipinski definition) is 2. The molecule has 0 spiro atoms. The van der Waals surface area contributed by atoms with Gasteiger partial charge >= 0.3 is 0 Å². The van der Waals surface area contributed by atoms with Gasteiger partial charge in [0.15, 0.2) is 0 Å². The molecule has 2 unspecified atom stereocenters. The second kappa shape index (κ2) is 10.0. The van der Waals surface area contributed by atoms with E-state index in [1.165, 1.54) is 61.8 Å². The van der Waals surface area contributed by atoms with Gasteiger partial charge in [0.2, 0.25) is 0 Å². The van der Waals surface area contributed by atoms with Crippen molar-refractivity contribution in [2.24, 2.45) is 5.92 Å². The molecule has 0 bridgehead atoms. The third kappa shape index (κ3) is 4.61. The molecule has 2 aromatic carbocycles. The highest BCUT2D eigenvalue weighted by atomic mass is 16.3. The lowest BCUT2D eigenvalue weighted by atomic mass is 9.68. The first kappa shape index (κ1) is 25.4. The molecule has 2 saturated carbocycles. The Morgan fingerprint density at radius 2 is 1.45 bits per heavy atom. The van der Waals surface area contributed by atoms with Crippen molar-refractivity contribution in [1.82, 2.24) is 9.80 Å². The predicted octanol–water partition coefficient (Wildman–Crippen LogP) is 5.17. The van der Waals surface area contributed by atoms with Gasteiger partial charge in [0, 0.05) is 48.9 Å². The van der Waals surface area contributed by atoms with Gasteiger partial charge in [-0.15, -0.1) is 0 Å². The first-order valence-corrected chi connectivity index (χ1v) is 14.7. The molecule has 4 aliphatic rings. The largest absolute Gasteiger partial charge is 0.380 e. The third-order valence-electron chi connectivity index (χ3n) is 9.70. The van der Waals surface area contributed by atoms with Crippen LogP contribution in [0.3, 0.4) is 0 Å². The molecule has 2 aromatic rings. The number of piperazine rings is 1. The SMILES string of the molecule is CC1(C2CCCCCCC2)Nc2ccccc2C1c1ccc(C(=O)N2CCN(C(=O)C3(O)CC3)CC2)cc1. The minimum atomic E-state index is -1.14. The van der Waals surface area contributed by atoms with E-state index in [1.54, 1.807) is 4.90 Å². The minimum absolute atomic E-state index is 0.0153. The van der Waals surface area contributed by atoms with Crippen LogP contribution in [-0.2, 0) is 4.79 Å². The molecule has 6 rings (SSSR count). The molecule has 0 radical (unpaired) electrons. The van der Waals surface area contributed by atoms with E-state index in [0.717, 1.165) is 0 Å². The monoisotopic (exact) mass is 515 g/mol. The van der Waals surface area contributed by atoms with E-state index in [0.29, 0.717) is 50.5 Å². The van der Waals surface area contributed by atoms with Crippen LogP contribution in [-0.4, -0.2) is 64.0 Å². The van der Waals surface area contributed by atoms with Crippen LogP contribution in [0.2, 0.25) is 0 Å². The highest BCUT2D eigenvalue weighted by molar-refractivity contribution is 5.94. The van der Waals surface area contributed by atoms with Crippen molar-refractivity contribution in [2.75, 3.05) is 31.5 Å². The van der Waals surface area contributed by atoms with E-state index < -0.39 is 5.60 Å². The van der Waals surface area contributed by atoms with E-state index in [-0.39, 0.29) is 23.3 Å². The molecule has 2 aliphatic carbocycles. The van der Waals surface area contributed by atoms with Crippen molar-refractivity contribution in [3.05, 3.63) is 65.2 Å². The van der Waals surface area contributed by atoms with Crippen molar-refractivity contribution in [2.45, 2.75) is 81.8 Å². The fraction of sp³-hybridized carbons (Fsp3) is 0.562. The maximum Gasteiger partial charge on any atom is 0.254 e. The fourth-order valence-electron chi connectivity index (χ4n) is 7.21. The molecule has 2 amide bonds. The average Bonchev–Trinajstić information content (AvgIpc) is 3.59. The smallest absolute Gasteiger partial charge is 0.254 e. The predicted molar refractivity (Wildman–Crippen MR) is 149 cm³/mol. The Morgan fingerprint density at radius 3 is 2.11 bits per heavy atom. The van der Waals surface area contributed by atoms with Gasteiger partial charge < -0.3 is 20.2 Å². The maximum atomic E-state index is 13.3. The number of aliphatic hydroxyl groups is 1. The van der Waals surface area contributed by atoms with Gasteiger partial charge in [0.25, 0.3) is 11.8 Å². The fourth-order valence-corrected chi connectivity index (χ4v) is 7.21. The molecular formula is C32H41N3O3. The number of nitrogens with zero attached hydrogens (tertiary/aromatic N) is 2. The second-order valence-corrected chi connectivity index (χ2v) is 12.2. The van der Waals surface area contributed by atoms with E-state index in [4.69, 9.17) is 0 Å². The van der Waals surface area contributed by atoms with Crippen LogP contribution < -0.4 is 5.32 Å². The Balaban J connectivity index is 1.19. The summed E-state index contributed by atoms with van der Waals surface area (Å²) in [6.07, 6.45) is 10.3. The van der Waals surface area contributed by atoms with E-state index in [1.807, 2.05) is 17.0 Å². The Labute approximate surface area is 226 Å². The number of amides is 2. The molecule has 3 fully saturated rings. The summed E-state index contributed by atoms with van der Waals surface area (Å²) in [6, 6.07) is 17.0. The molecule has 202 valence electrons. The van der Waals surface area contributed by atoms with Crippen LogP contribution in [0, 0.1) is 5.92 Å². The number of carbonyl (C=O) groups excluding carboxylic acids is 2. The van der Waals surface area contributed by atoms with Crippen molar-refractivity contribution < 1.29 is 14.7 Å². The molecule has 0 aromatic heterocycles. The quantitative estimate of drug-likeness (QED) is 0.589. The van der Waals surface area contributed by atoms with Gasteiger partial charge in [-0.25, -0.2) is 0 Å². The highest BCUT2D eigenvalue weighted by Crippen LogP contribution is 2.52. The van der Waals surface area contributed by atoms with Crippen LogP contribution in [0.15, 0.2) is 48.5 Å². The van der Waals surface area contributed by atoms with Gasteiger partial charge in [-0.2, -0.15) is 0 Å². The first-order valence-electron chi connectivity index (χ1n) is 14.7. The van der Waals surface area contributed by atoms with Crippen LogP contribution >= 0.6 is 0 Å². The van der Waals surface area contributed by atoms with Crippen LogP contribution in [0.4, 0.5) is 5.69 Å². The van der Waals surface area contributed by atoms with E-state index in [9.17, 15) is 14.7 Å². The molecule has 2 N–H and O–H groups in total. The summed E-state index contributed by atoms with van der Waals surface area (Å²) in [5.74, 6) is 0.692. The van der Waals surface area contributed by atoms with Crippen LogP contribution in [0.1, 0.15) is 92.1 Å². The van der Waals surface area contributed by atoms with Crippen molar-refractivity contribution in [1.29, 1.82) is 0 Å². The summed E-state index contributed by atoms with van der Waals surface area (Å²) < 4.78 is 0. The lowest BCUT2D eigenvalue weighted by Gasteiger charge is -2.41. The van der Waals surface area contributed by atoms with Crippen LogP contribution in [0.25, 0.3) is 0 Å². The molecule has 6 nitrogen and oxygen atoms in total. The Morgan fingerprint density at radius 1 is 0.842 bits per heavy atom. The number of nitrogens with one attached hydrogen (secondary N) is 1. The zero-order valence-electron chi connectivity index (χ0n) is 22.6. The Bertz CT molecular complexity index is 1170. The lowest BCUT2D eigenvalue weighted by Crippen LogP contribution is -2.53. The minimum Gasteiger partial charge on any atom is -0.380 e. The summed E-state index contributed by atoms with van der Waals surface area (Å²) in [4.78, 5) is 29.3. The molecule has 2 heterocycles. The first-order chi connectivity index (χ1) is 18.4. The second-order valence-electron chi connectivity index (χ2n) is 12.2. The molecule has 6 heteroatoms. The summed E-state index contributed by atoms with van der Waals surface area (Å²) in [7, 11) is 0. The maximum absolute atomic E-state index is 13.3. The van der Waals surface area contributed by atoms with E-state index in [2.05, 4.69) is 48.6 Å². The van der Waals surface area contributed by atoms with Crippen molar-refractivity contribution in [3.8, 4) is 0 Å². The van der Waals surface area contributed by atoms with Gasteiger partial charge in [0.1, 0.15) is 5.60 Å². The summed E-state index contributed by atoms with van der Waals surface area (Å²) in [6.45, 7) is 4.39. The topological polar surface area (TPSA) is 72.9 Å². The number of anilines is 1. The Hall–Kier alpha value is -2.86. The lowest BCUT2D eigenvalue weighted by molar-refractivity contribution is -0.143. The van der Waals surface area contributed by atoms with Gasteiger partial charge in [0.05, 0.1) is 0 Å². The summed E-state index contributed by atoms with van der Waals surface area (Å²) >= 11 is 0. The van der Waals surface area contributed by atoms with Gasteiger partial charge in [-0.05, 0) is 67.9 Å². The zero-order chi connectivity index (χ0) is 26.3. The summed E-state index contributed by atoms with van der Waals surface area (Å²) in [5.41, 5.74) is 3.36. The average molecular weight is 516 g/mol. The number of fused-ring (bicyclic) bond motifs is 1. The third-order valence-corrected chi connectivity index (χ3v) is 9.70. The zero-order valence-corrected chi connectivity index (χ0v) is 22.6. The standard InChI is InChI=1S/C32H41N3O3/c1-31(25-9-5-3-2-4-6-10-25)28(26-11-7-8-12-27(26)33-31)23-13-15-24(16-14-23)29(36)34-19-21-35(22-20-34)30(37)32(38)17-18-32/h7-8,11-16,25,28,33,38H,2-6,9-10,17-22H2,1H3. The van der Waals surface area contributed by atoms with Crippen LogP contribution in [0.5, 0.6) is 0 Å². The van der Waals surface area contributed by atoms with Gasteiger partial charge in [-0.3, -0.25) is 9.59 Å². The van der Waals surface area contributed by atoms with Crippen molar-refractivity contribution in [3.63, 3.8) is 0 Å². The van der Waals surface area contributed by atoms with E-state index >= 15 is 0 Å². The number of carbonyl (C=O) groups is 2. The normalized spacial score (nSPS) is 27.2. The Kier molecular flexibility index (Phi) is 6.71.